The van der Waals surface area contributed by atoms with Crippen molar-refractivity contribution in [3.63, 3.8) is 0 Å². The van der Waals surface area contributed by atoms with E-state index in [1.807, 2.05) is 6.07 Å². The molecule has 1 N–H and O–H groups in total. The summed E-state index contributed by atoms with van der Waals surface area (Å²) < 4.78 is 11.1. The smallest absolute Gasteiger partial charge is 0.156 e. The van der Waals surface area contributed by atoms with Gasteiger partial charge in [0.05, 0.1) is 29.9 Å². The molecule has 100 valence electrons. The lowest BCUT2D eigenvalue weighted by atomic mass is 9.89. The molecular weight excluding hydrogens is 296 g/mol. The minimum Gasteiger partial charge on any atom is -0.494 e. The number of fused-ring (bicyclic) bond motifs is 3. The Kier molecular flexibility index (Phi) is 4.29. The van der Waals surface area contributed by atoms with Crippen molar-refractivity contribution in [1.29, 1.82) is 0 Å². The van der Waals surface area contributed by atoms with Crippen LogP contribution in [0.2, 0.25) is 10.0 Å². The Morgan fingerprint density at radius 2 is 2.17 bits per heavy atom. The molecule has 2 atom stereocenters. The third-order valence-electron chi connectivity index (χ3n) is 3.49. The number of hydrogen-bond donors (Lipinski definition) is 1. The summed E-state index contributed by atoms with van der Waals surface area (Å²) in [6.07, 6.45) is 0.214. The van der Waals surface area contributed by atoms with E-state index < -0.39 is 0 Å². The van der Waals surface area contributed by atoms with Crippen LogP contribution in [0.25, 0.3) is 0 Å². The first-order chi connectivity index (χ1) is 8.22. The predicted octanol–water partition coefficient (Wildman–Crippen LogP) is 3.01. The molecule has 18 heavy (non-hydrogen) atoms. The lowest BCUT2D eigenvalue weighted by Gasteiger charge is -2.29. The Hall–Kier alpha value is -0.190. The molecule has 2 aliphatic rings. The van der Waals surface area contributed by atoms with Crippen LogP contribution in [-0.2, 0) is 11.3 Å². The van der Waals surface area contributed by atoms with E-state index in [9.17, 15) is 0 Å². The van der Waals surface area contributed by atoms with Crippen molar-refractivity contribution in [3.05, 3.63) is 27.2 Å². The van der Waals surface area contributed by atoms with Crippen LogP contribution in [0.5, 0.6) is 5.75 Å². The van der Waals surface area contributed by atoms with Gasteiger partial charge in [0.25, 0.3) is 0 Å². The molecule has 0 spiro atoms. The second-order valence-corrected chi connectivity index (χ2v) is 5.18. The highest BCUT2D eigenvalue weighted by Gasteiger charge is 2.37. The van der Waals surface area contributed by atoms with Crippen molar-refractivity contribution >= 4 is 35.6 Å². The summed E-state index contributed by atoms with van der Waals surface area (Å²) in [5, 5.41) is 4.51. The minimum atomic E-state index is 0. The van der Waals surface area contributed by atoms with Crippen LogP contribution in [0, 0.1) is 0 Å². The van der Waals surface area contributed by atoms with Gasteiger partial charge in [-0.05, 0) is 17.2 Å². The summed E-state index contributed by atoms with van der Waals surface area (Å²) in [5.74, 6) is 0.872. The summed E-state index contributed by atoms with van der Waals surface area (Å²) in [6, 6.07) is 1.90. The molecule has 0 aromatic heterocycles. The standard InChI is InChI=1S/C12H13Cl2NO2.ClH/c1-16-12-8(13)2-6-5-17-9-4-15-3-7(9)10(6)11(12)14;/h2,7,9,15H,3-5H2,1H3;1H/t7-,9+;/m0./s1. The Labute approximate surface area is 122 Å². The van der Waals surface area contributed by atoms with Crippen LogP contribution in [0.15, 0.2) is 6.07 Å². The van der Waals surface area contributed by atoms with Gasteiger partial charge in [0, 0.05) is 19.0 Å². The summed E-state index contributed by atoms with van der Waals surface area (Å²) in [5.41, 5.74) is 2.21. The number of ether oxygens (including phenoxy) is 2. The average molecular weight is 311 g/mol. The van der Waals surface area contributed by atoms with Crippen LogP contribution in [0.4, 0.5) is 0 Å². The van der Waals surface area contributed by atoms with Gasteiger partial charge >= 0.3 is 0 Å². The van der Waals surface area contributed by atoms with Crippen molar-refractivity contribution in [2.45, 2.75) is 18.6 Å². The van der Waals surface area contributed by atoms with Crippen molar-refractivity contribution in [2.24, 2.45) is 0 Å². The van der Waals surface area contributed by atoms with E-state index in [0.717, 1.165) is 24.2 Å². The average Bonchev–Trinajstić information content (AvgIpc) is 2.76. The van der Waals surface area contributed by atoms with Gasteiger partial charge < -0.3 is 14.8 Å². The molecule has 0 amide bonds. The zero-order chi connectivity index (χ0) is 12.0. The molecule has 2 aliphatic heterocycles. The normalized spacial score (nSPS) is 25.1. The van der Waals surface area contributed by atoms with Crippen LogP contribution in [-0.4, -0.2) is 26.3 Å². The monoisotopic (exact) mass is 309 g/mol. The lowest BCUT2D eigenvalue weighted by molar-refractivity contribution is 0.0299. The molecule has 1 aromatic carbocycles. The molecule has 1 fully saturated rings. The molecule has 0 saturated carbocycles. The number of halogens is 3. The number of hydrogen-bond acceptors (Lipinski definition) is 3. The molecule has 0 unspecified atom stereocenters. The second kappa shape index (κ2) is 5.43. The fourth-order valence-electron chi connectivity index (χ4n) is 2.69. The van der Waals surface area contributed by atoms with Gasteiger partial charge in [-0.25, -0.2) is 0 Å². The third-order valence-corrected chi connectivity index (χ3v) is 4.14. The molecule has 6 heteroatoms. The maximum atomic E-state index is 6.41. The summed E-state index contributed by atoms with van der Waals surface area (Å²) in [7, 11) is 1.59. The summed E-state index contributed by atoms with van der Waals surface area (Å²) >= 11 is 12.5. The zero-order valence-electron chi connectivity index (χ0n) is 9.83. The molecule has 1 saturated heterocycles. The van der Waals surface area contributed by atoms with Gasteiger partial charge in [0.15, 0.2) is 5.75 Å². The largest absolute Gasteiger partial charge is 0.494 e. The van der Waals surface area contributed by atoms with Gasteiger partial charge in [-0.2, -0.15) is 0 Å². The quantitative estimate of drug-likeness (QED) is 0.865. The first-order valence-electron chi connectivity index (χ1n) is 5.59. The minimum absolute atomic E-state index is 0. The highest BCUT2D eigenvalue weighted by atomic mass is 35.5. The van der Waals surface area contributed by atoms with E-state index in [1.54, 1.807) is 7.11 Å². The van der Waals surface area contributed by atoms with Crippen LogP contribution < -0.4 is 10.1 Å². The molecular formula is C12H14Cl3NO2. The van der Waals surface area contributed by atoms with E-state index in [-0.39, 0.29) is 18.5 Å². The van der Waals surface area contributed by atoms with Crippen LogP contribution in [0.1, 0.15) is 17.0 Å². The summed E-state index contributed by atoms with van der Waals surface area (Å²) in [4.78, 5) is 0. The number of benzene rings is 1. The summed E-state index contributed by atoms with van der Waals surface area (Å²) in [6.45, 7) is 2.34. The highest BCUT2D eigenvalue weighted by molar-refractivity contribution is 6.37. The van der Waals surface area contributed by atoms with E-state index in [4.69, 9.17) is 32.7 Å². The maximum absolute atomic E-state index is 6.41. The second-order valence-electron chi connectivity index (χ2n) is 4.39. The van der Waals surface area contributed by atoms with E-state index in [1.165, 1.54) is 0 Å². The van der Waals surface area contributed by atoms with Gasteiger partial charge in [0.2, 0.25) is 0 Å². The van der Waals surface area contributed by atoms with E-state index in [0.29, 0.717) is 28.3 Å². The molecule has 0 radical (unpaired) electrons. The van der Waals surface area contributed by atoms with Gasteiger partial charge in [-0.15, -0.1) is 12.4 Å². The molecule has 1 aromatic rings. The van der Waals surface area contributed by atoms with Crippen molar-refractivity contribution in [3.8, 4) is 5.75 Å². The number of methoxy groups -OCH3 is 1. The molecule has 0 bridgehead atoms. The first-order valence-corrected chi connectivity index (χ1v) is 6.35. The molecule has 0 aliphatic carbocycles. The van der Waals surface area contributed by atoms with Gasteiger partial charge in [0.1, 0.15) is 0 Å². The van der Waals surface area contributed by atoms with E-state index >= 15 is 0 Å². The lowest BCUT2D eigenvalue weighted by Crippen LogP contribution is -2.27. The van der Waals surface area contributed by atoms with Crippen molar-refractivity contribution < 1.29 is 9.47 Å². The molecule has 3 nitrogen and oxygen atoms in total. The SMILES string of the molecule is COc1c(Cl)cc2c(c1Cl)[C@H]1CNC[C@H]1OC2.Cl. The topological polar surface area (TPSA) is 30.5 Å². The Bertz CT molecular complexity index is 467. The fourth-order valence-corrected chi connectivity index (χ4v) is 3.48. The van der Waals surface area contributed by atoms with Crippen molar-refractivity contribution in [1.82, 2.24) is 5.32 Å². The maximum Gasteiger partial charge on any atom is 0.156 e. The van der Waals surface area contributed by atoms with Gasteiger partial charge in [-0.1, -0.05) is 23.2 Å². The Morgan fingerprint density at radius 3 is 2.89 bits per heavy atom. The first kappa shape index (κ1) is 14.2. The molecule has 2 heterocycles. The number of rotatable bonds is 1. The van der Waals surface area contributed by atoms with E-state index in [2.05, 4.69) is 5.32 Å². The van der Waals surface area contributed by atoms with Crippen LogP contribution in [0.3, 0.4) is 0 Å². The fraction of sp³-hybridized carbons (Fsp3) is 0.500. The van der Waals surface area contributed by atoms with Crippen LogP contribution >= 0.6 is 35.6 Å². The Balaban J connectivity index is 0.00000120. The predicted molar refractivity (Wildman–Crippen MR) is 74.4 cm³/mol. The van der Waals surface area contributed by atoms with Crippen molar-refractivity contribution in [2.75, 3.05) is 20.2 Å². The molecule has 3 rings (SSSR count). The zero-order valence-corrected chi connectivity index (χ0v) is 12.2. The van der Waals surface area contributed by atoms with Gasteiger partial charge in [-0.3, -0.25) is 0 Å². The highest BCUT2D eigenvalue weighted by Crippen LogP contribution is 2.45. The Morgan fingerprint density at radius 1 is 1.39 bits per heavy atom. The third kappa shape index (κ3) is 2.08. The number of nitrogens with one attached hydrogen (secondary N) is 1.